The number of benzene rings is 2. The van der Waals surface area contributed by atoms with E-state index in [1.807, 2.05) is 36.4 Å². The van der Waals surface area contributed by atoms with E-state index in [0.29, 0.717) is 12.0 Å². The summed E-state index contributed by atoms with van der Waals surface area (Å²) in [6.07, 6.45) is 3.43. The maximum Gasteiger partial charge on any atom is 0.349 e. The van der Waals surface area contributed by atoms with Gasteiger partial charge in [-0.1, -0.05) is 49.7 Å². The van der Waals surface area contributed by atoms with Gasteiger partial charge in [0.25, 0.3) is 0 Å². The summed E-state index contributed by atoms with van der Waals surface area (Å²) < 4.78 is 5.58. The van der Waals surface area contributed by atoms with E-state index >= 15 is 0 Å². The van der Waals surface area contributed by atoms with Gasteiger partial charge in [0.2, 0.25) is 0 Å². The SMILES string of the molecule is CCCCC(OC(=O)C(C#N)=Cc1ccc(O)c(O)c1)c1ccccc1. The molecule has 2 aromatic carbocycles. The van der Waals surface area contributed by atoms with E-state index in [9.17, 15) is 20.3 Å². The van der Waals surface area contributed by atoms with Crippen LogP contribution in [0.2, 0.25) is 0 Å². The molecule has 0 amide bonds. The molecule has 26 heavy (non-hydrogen) atoms. The van der Waals surface area contributed by atoms with Crippen LogP contribution >= 0.6 is 0 Å². The van der Waals surface area contributed by atoms with Crippen LogP contribution in [-0.4, -0.2) is 16.2 Å². The zero-order chi connectivity index (χ0) is 18.9. The maximum absolute atomic E-state index is 12.5. The molecule has 1 atom stereocenters. The molecule has 134 valence electrons. The molecule has 5 heteroatoms. The Labute approximate surface area is 152 Å². The summed E-state index contributed by atoms with van der Waals surface area (Å²) in [5.74, 6) is -1.31. The third-order valence-electron chi connectivity index (χ3n) is 3.89. The average Bonchev–Trinajstić information content (AvgIpc) is 2.66. The van der Waals surface area contributed by atoms with E-state index < -0.39 is 12.1 Å². The Hall–Kier alpha value is -3.26. The first-order valence-electron chi connectivity index (χ1n) is 8.44. The fourth-order valence-corrected chi connectivity index (χ4v) is 2.48. The number of nitriles is 1. The molecule has 5 nitrogen and oxygen atoms in total. The summed E-state index contributed by atoms with van der Waals surface area (Å²) in [7, 11) is 0. The van der Waals surface area contributed by atoms with Gasteiger partial charge in [-0.05, 0) is 42.2 Å². The van der Waals surface area contributed by atoms with Crippen molar-refractivity contribution < 1.29 is 19.7 Å². The summed E-state index contributed by atoms with van der Waals surface area (Å²) in [5, 5.41) is 28.2. The summed E-state index contributed by atoms with van der Waals surface area (Å²) in [5.41, 5.74) is 1.13. The maximum atomic E-state index is 12.5. The summed E-state index contributed by atoms with van der Waals surface area (Å²) >= 11 is 0. The van der Waals surface area contributed by atoms with Gasteiger partial charge in [0.1, 0.15) is 17.7 Å². The van der Waals surface area contributed by atoms with E-state index in [1.165, 1.54) is 24.3 Å². The molecule has 1 unspecified atom stereocenters. The Morgan fingerprint density at radius 2 is 1.92 bits per heavy atom. The molecule has 0 bridgehead atoms. The van der Waals surface area contributed by atoms with E-state index in [-0.39, 0.29) is 17.1 Å². The zero-order valence-electron chi connectivity index (χ0n) is 14.6. The van der Waals surface area contributed by atoms with Gasteiger partial charge in [0.05, 0.1) is 0 Å². The van der Waals surface area contributed by atoms with Crippen molar-refractivity contribution in [2.75, 3.05) is 0 Å². The van der Waals surface area contributed by atoms with Gasteiger partial charge >= 0.3 is 5.97 Å². The normalized spacial score (nSPS) is 12.2. The number of nitrogens with zero attached hydrogens (tertiary/aromatic N) is 1. The van der Waals surface area contributed by atoms with Crippen LogP contribution in [-0.2, 0) is 9.53 Å². The first-order valence-corrected chi connectivity index (χ1v) is 8.44. The van der Waals surface area contributed by atoms with Crippen LogP contribution in [0.1, 0.15) is 43.4 Å². The lowest BCUT2D eigenvalue weighted by molar-refractivity contribution is -0.144. The van der Waals surface area contributed by atoms with Crippen molar-refractivity contribution in [2.24, 2.45) is 0 Å². The lowest BCUT2D eigenvalue weighted by atomic mass is 10.0. The van der Waals surface area contributed by atoms with Gasteiger partial charge in [-0.25, -0.2) is 4.79 Å². The molecule has 0 saturated heterocycles. The van der Waals surface area contributed by atoms with Crippen LogP contribution in [0.25, 0.3) is 6.08 Å². The number of hydrogen-bond acceptors (Lipinski definition) is 5. The predicted molar refractivity (Wildman–Crippen MR) is 98.2 cm³/mol. The highest BCUT2D eigenvalue weighted by atomic mass is 16.5. The van der Waals surface area contributed by atoms with Crippen molar-refractivity contribution in [1.82, 2.24) is 0 Å². The molecule has 0 aliphatic rings. The number of phenolic OH excluding ortho intramolecular Hbond substituents is 2. The van der Waals surface area contributed by atoms with E-state index in [2.05, 4.69) is 6.92 Å². The van der Waals surface area contributed by atoms with Gasteiger partial charge in [-0.2, -0.15) is 5.26 Å². The van der Waals surface area contributed by atoms with Crippen LogP contribution in [0.4, 0.5) is 0 Å². The number of aromatic hydroxyl groups is 2. The summed E-state index contributed by atoms with van der Waals surface area (Å²) in [6, 6.07) is 15.3. The molecular formula is C21H21NO4. The molecule has 0 aliphatic carbocycles. The number of carbonyl (C=O) groups excluding carboxylic acids is 1. The van der Waals surface area contributed by atoms with Crippen LogP contribution in [0.5, 0.6) is 11.5 Å². The number of ether oxygens (including phenoxy) is 1. The number of unbranched alkanes of at least 4 members (excludes halogenated alkanes) is 1. The molecule has 0 radical (unpaired) electrons. The minimum absolute atomic E-state index is 0.174. The van der Waals surface area contributed by atoms with E-state index in [4.69, 9.17) is 4.74 Å². The molecule has 2 aromatic rings. The lowest BCUT2D eigenvalue weighted by Crippen LogP contribution is -2.13. The topological polar surface area (TPSA) is 90.6 Å². The Morgan fingerprint density at radius 1 is 1.19 bits per heavy atom. The van der Waals surface area contributed by atoms with Gasteiger partial charge in [-0.15, -0.1) is 0 Å². The fraction of sp³-hybridized carbons (Fsp3) is 0.238. The Balaban J connectivity index is 2.21. The first kappa shape index (κ1) is 19.1. The molecule has 0 aromatic heterocycles. The third-order valence-corrected chi connectivity index (χ3v) is 3.89. The monoisotopic (exact) mass is 351 g/mol. The van der Waals surface area contributed by atoms with Gasteiger partial charge < -0.3 is 14.9 Å². The fourth-order valence-electron chi connectivity index (χ4n) is 2.48. The van der Waals surface area contributed by atoms with Crippen LogP contribution < -0.4 is 0 Å². The van der Waals surface area contributed by atoms with E-state index in [0.717, 1.165) is 18.4 Å². The van der Waals surface area contributed by atoms with Gasteiger partial charge in [-0.3, -0.25) is 0 Å². The van der Waals surface area contributed by atoms with Crippen molar-refractivity contribution in [2.45, 2.75) is 32.3 Å². The Kier molecular flexibility index (Phi) is 6.81. The number of carbonyl (C=O) groups is 1. The van der Waals surface area contributed by atoms with Crippen LogP contribution in [0.15, 0.2) is 54.1 Å². The van der Waals surface area contributed by atoms with Gasteiger partial charge in [0, 0.05) is 0 Å². The van der Waals surface area contributed by atoms with Crippen molar-refractivity contribution in [3.8, 4) is 17.6 Å². The number of rotatable bonds is 7. The average molecular weight is 351 g/mol. The zero-order valence-corrected chi connectivity index (χ0v) is 14.6. The minimum atomic E-state index is -0.718. The Morgan fingerprint density at radius 3 is 2.54 bits per heavy atom. The van der Waals surface area contributed by atoms with Crippen molar-refractivity contribution in [3.05, 3.63) is 65.2 Å². The first-order chi connectivity index (χ1) is 12.5. The number of hydrogen-bond donors (Lipinski definition) is 2. The number of phenols is 2. The highest BCUT2D eigenvalue weighted by Gasteiger charge is 2.19. The quantitative estimate of drug-likeness (QED) is 0.332. The van der Waals surface area contributed by atoms with Crippen LogP contribution in [0, 0.1) is 11.3 Å². The molecular weight excluding hydrogens is 330 g/mol. The standard InChI is InChI=1S/C21H21NO4/c1-2-3-9-20(16-7-5-4-6-8-16)26-21(25)17(14-22)12-15-10-11-18(23)19(24)13-15/h4-8,10-13,20,23-24H,2-3,9H2,1H3. The second kappa shape index (κ2) is 9.28. The highest BCUT2D eigenvalue weighted by molar-refractivity contribution is 5.98. The highest BCUT2D eigenvalue weighted by Crippen LogP contribution is 2.27. The van der Waals surface area contributed by atoms with Crippen molar-refractivity contribution >= 4 is 12.0 Å². The number of esters is 1. The smallest absolute Gasteiger partial charge is 0.349 e. The van der Waals surface area contributed by atoms with E-state index in [1.54, 1.807) is 0 Å². The molecule has 0 spiro atoms. The summed E-state index contributed by atoms with van der Waals surface area (Å²) in [4.78, 5) is 12.5. The summed E-state index contributed by atoms with van der Waals surface area (Å²) in [6.45, 7) is 2.06. The lowest BCUT2D eigenvalue weighted by Gasteiger charge is -2.18. The molecule has 2 rings (SSSR count). The van der Waals surface area contributed by atoms with Crippen molar-refractivity contribution in [1.29, 1.82) is 5.26 Å². The Bertz CT molecular complexity index is 822. The molecule has 0 fully saturated rings. The molecule has 0 heterocycles. The van der Waals surface area contributed by atoms with Crippen molar-refractivity contribution in [3.63, 3.8) is 0 Å². The minimum Gasteiger partial charge on any atom is -0.504 e. The second-order valence-corrected chi connectivity index (χ2v) is 5.86. The molecule has 0 aliphatic heterocycles. The largest absolute Gasteiger partial charge is 0.504 e. The second-order valence-electron chi connectivity index (χ2n) is 5.86. The predicted octanol–water partition coefficient (Wildman–Crippen LogP) is 4.48. The molecule has 2 N–H and O–H groups in total. The third kappa shape index (κ3) is 5.12. The van der Waals surface area contributed by atoms with Crippen LogP contribution in [0.3, 0.4) is 0 Å². The molecule has 0 saturated carbocycles. The van der Waals surface area contributed by atoms with Gasteiger partial charge in [0.15, 0.2) is 11.5 Å².